The van der Waals surface area contributed by atoms with Crippen molar-refractivity contribution in [3.05, 3.63) is 28.8 Å². The maximum Gasteiger partial charge on any atom is 0.226 e. The van der Waals surface area contributed by atoms with Gasteiger partial charge in [-0.3, -0.25) is 4.79 Å². The molecular formula is C13H14ClN2O3S-. The first kappa shape index (κ1) is 16.4. The number of amides is 1. The van der Waals surface area contributed by atoms with Crippen LogP contribution in [0.15, 0.2) is 18.2 Å². The summed E-state index contributed by atoms with van der Waals surface area (Å²) >= 11 is 10.7. The Morgan fingerprint density at radius 1 is 1.40 bits per heavy atom. The molecule has 0 fully saturated rings. The molecule has 2 N–H and O–H groups in total. The topological polar surface area (TPSA) is 81.3 Å². The van der Waals surface area contributed by atoms with E-state index in [4.69, 9.17) is 23.8 Å². The molecule has 1 aromatic carbocycles. The van der Waals surface area contributed by atoms with Gasteiger partial charge >= 0.3 is 0 Å². The number of unbranched alkanes of at least 4 members (excludes halogenated alkanes) is 1. The summed E-state index contributed by atoms with van der Waals surface area (Å²) in [7, 11) is 0. The first-order valence-corrected chi connectivity index (χ1v) is 6.84. The van der Waals surface area contributed by atoms with E-state index in [2.05, 4.69) is 10.6 Å². The molecule has 5 nitrogen and oxygen atoms in total. The number of hydrogen-bond acceptors (Lipinski definition) is 4. The highest BCUT2D eigenvalue weighted by molar-refractivity contribution is 7.80. The third-order valence-electron chi connectivity index (χ3n) is 2.45. The average molecular weight is 314 g/mol. The summed E-state index contributed by atoms with van der Waals surface area (Å²) in [6.45, 7) is 1.99. The van der Waals surface area contributed by atoms with Crippen LogP contribution in [0.5, 0.6) is 0 Å². The Kier molecular flexibility index (Phi) is 6.41. The molecule has 0 saturated heterocycles. The van der Waals surface area contributed by atoms with E-state index in [1.54, 1.807) is 6.07 Å². The molecule has 0 aliphatic heterocycles. The number of carboxylic acid groups (broad SMARTS) is 1. The number of carbonyl (C=O) groups is 2. The molecule has 0 aliphatic rings. The molecule has 0 aliphatic carbocycles. The van der Waals surface area contributed by atoms with E-state index in [9.17, 15) is 14.7 Å². The Balaban J connectivity index is 2.64. The minimum Gasteiger partial charge on any atom is -0.545 e. The summed E-state index contributed by atoms with van der Waals surface area (Å²) in [6.07, 6.45) is 2.09. The second-order valence-electron chi connectivity index (χ2n) is 4.09. The van der Waals surface area contributed by atoms with Gasteiger partial charge in [-0.15, -0.1) is 0 Å². The molecule has 0 radical (unpaired) electrons. The molecule has 1 rings (SSSR count). The van der Waals surface area contributed by atoms with Gasteiger partial charge in [0.15, 0.2) is 5.11 Å². The Morgan fingerprint density at radius 3 is 2.70 bits per heavy atom. The van der Waals surface area contributed by atoms with Crippen molar-refractivity contribution in [3.8, 4) is 0 Å². The zero-order valence-electron chi connectivity index (χ0n) is 10.9. The molecule has 0 atom stereocenters. The van der Waals surface area contributed by atoms with Gasteiger partial charge in [-0.2, -0.15) is 0 Å². The van der Waals surface area contributed by atoms with E-state index in [-0.39, 0.29) is 21.6 Å². The number of rotatable bonds is 5. The first-order chi connectivity index (χ1) is 9.43. The number of aromatic carboxylic acids is 1. The number of anilines is 1. The van der Waals surface area contributed by atoms with Crippen molar-refractivity contribution in [1.82, 2.24) is 5.32 Å². The zero-order chi connectivity index (χ0) is 15.1. The number of thiocarbonyl (C=S) groups is 1. The van der Waals surface area contributed by atoms with Gasteiger partial charge in [-0.05, 0) is 36.8 Å². The smallest absolute Gasteiger partial charge is 0.226 e. The van der Waals surface area contributed by atoms with Crippen molar-refractivity contribution < 1.29 is 14.7 Å². The number of benzene rings is 1. The van der Waals surface area contributed by atoms with E-state index in [0.717, 1.165) is 12.8 Å². The number of carbonyl (C=O) groups excluding carboxylic acids is 2. The van der Waals surface area contributed by atoms with Gasteiger partial charge in [0.2, 0.25) is 5.91 Å². The molecule has 0 spiro atoms. The lowest BCUT2D eigenvalue weighted by molar-refractivity contribution is -0.255. The molecule has 1 amide bonds. The van der Waals surface area contributed by atoms with Gasteiger partial charge in [0.25, 0.3) is 0 Å². The van der Waals surface area contributed by atoms with E-state index >= 15 is 0 Å². The second-order valence-corrected chi connectivity index (χ2v) is 4.90. The monoisotopic (exact) mass is 313 g/mol. The maximum atomic E-state index is 11.5. The van der Waals surface area contributed by atoms with Crippen LogP contribution >= 0.6 is 23.8 Å². The van der Waals surface area contributed by atoms with Crippen LogP contribution in [-0.4, -0.2) is 17.0 Å². The summed E-state index contributed by atoms with van der Waals surface area (Å²) in [4.78, 5) is 22.3. The standard InChI is InChI=1S/C13H15ClN2O3S/c1-2-3-4-11(17)16-13(20)15-8-5-6-10(14)9(7-8)12(18)19/h5-7H,2-4H2,1H3,(H,18,19)(H2,15,16,17,20)/p-1. The molecule has 0 unspecified atom stereocenters. The van der Waals surface area contributed by atoms with Gasteiger partial charge in [0.05, 0.1) is 5.97 Å². The maximum absolute atomic E-state index is 11.5. The van der Waals surface area contributed by atoms with Gasteiger partial charge in [0, 0.05) is 22.7 Å². The fourth-order valence-electron chi connectivity index (χ4n) is 1.45. The summed E-state index contributed by atoms with van der Waals surface area (Å²) in [5.41, 5.74) is 0.270. The van der Waals surface area contributed by atoms with Crippen molar-refractivity contribution in [2.24, 2.45) is 0 Å². The fraction of sp³-hybridized carbons (Fsp3) is 0.308. The molecular weight excluding hydrogens is 300 g/mol. The van der Waals surface area contributed by atoms with Crippen molar-refractivity contribution in [2.45, 2.75) is 26.2 Å². The average Bonchev–Trinajstić information content (AvgIpc) is 2.38. The highest BCUT2D eigenvalue weighted by Crippen LogP contribution is 2.19. The summed E-state index contributed by atoms with van der Waals surface area (Å²) < 4.78 is 0. The quantitative estimate of drug-likeness (QED) is 0.809. The molecule has 0 aromatic heterocycles. The fourth-order valence-corrected chi connectivity index (χ4v) is 1.87. The molecule has 7 heteroatoms. The first-order valence-electron chi connectivity index (χ1n) is 6.05. The lowest BCUT2D eigenvalue weighted by Crippen LogP contribution is -2.34. The number of hydrogen-bond donors (Lipinski definition) is 2. The van der Waals surface area contributed by atoms with E-state index in [1.807, 2.05) is 6.92 Å². The van der Waals surface area contributed by atoms with Gasteiger partial charge in [-0.1, -0.05) is 24.9 Å². The van der Waals surface area contributed by atoms with Crippen LogP contribution in [0.3, 0.4) is 0 Å². The molecule has 20 heavy (non-hydrogen) atoms. The van der Waals surface area contributed by atoms with Gasteiger partial charge in [-0.25, -0.2) is 0 Å². The van der Waals surface area contributed by atoms with Crippen molar-refractivity contribution >= 4 is 46.5 Å². The van der Waals surface area contributed by atoms with Crippen LogP contribution in [0.2, 0.25) is 5.02 Å². The van der Waals surface area contributed by atoms with Crippen LogP contribution in [0, 0.1) is 0 Å². The van der Waals surface area contributed by atoms with Crippen molar-refractivity contribution in [1.29, 1.82) is 0 Å². The van der Waals surface area contributed by atoms with Crippen LogP contribution < -0.4 is 15.7 Å². The summed E-state index contributed by atoms with van der Waals surface area (Å²) in [5.74, 6) is -1.56. The van der Waals surface area contributed by atoms with E-state index < -0.39 is 5.97 Å². The molecule has 0 heterocycles. The predicted molar refractivity (Wildman–Crippen MR) is 79.7 cm³/mol. The zero-order valence-corrected chi connectivity index (χ0v) is 12.4. The number of carboxylic acids is 1. The van der Waals surface area contributed by atoms with Crippen LogP contribution in [0.4, 0.5) is 5.69 Å². The Labute approximate surface area is 127 Å². The van der Waals surface area contributed by atoms with Crippen molar-refractivity contribution in [3.63, 3.8) is 0 Å². The van der Waals surface area contributed by atoms with E-state index in [0.29, 0.717) is 12.1 Å². The molecule has 0 saturated carbocycles. The van der Waals surface area contributed by atoms with Crippen molar-refractivity contribution in [2.75, 3.05) is 5.32 Å². The molecule has 0 bridgehead atoms. The van der Waals surface area contributed by atoms with Gasteiger partial charge in [0.1, 0.15) is 0 Å². The van der Waals surface area contributed by atoms with Gasteiger partial charge < -0.3 is 20.5 Å². The minimum absolute atomic E-state index is 0.0773. The normalized spacial score (nSPS) is 9.90. The number of halogens is 1. The highest BCUT2D eigenvalue weighted by Gasteiger charge is 2.07. The molecule has 108 valence electrons. The lowest BCUT2D eigenvalue weighted by Gasteiger charge is -2.12. The predicted octanol–water partition coefficient (Wildman–Crippen LogP) is 1.71. The SMILES string of the molecule is CCCCC(=O)NC(=S)Nc1ccc(Cl)c(C(=O)[O-])c1. The highest BCUT2D eigenvalue weighted by atomic mass is 35.5. The van der Waals surface area contributed by atoms with E-state index in [1.165, 1.54) is 12.1 Å². The number of nitrogens with one attached hydrogen (secondary N) is 2. The molecule has 1 aromatic rings. The minimum atomic E-state index is -1.38. The largest absolute Gasteiger partial charge is 0.545 e. The lowest BCUT2D eigenvalue weighted by atomic mass is 10.2. The Bertz CT molecular complexity index is 534. The Hall–Kier alpha value is -1.66. The summed E-state index contributed by atoms with van der Waals surface area (Å²) in [6, 6.07) is 4.26. The third-order valence-corrected chi connectivity index (χ3v) is 2.99. The van der Waals surface area contributed by atoms with Crippen LogP contribution in [0.25, 0.3) is 0 Å². The third kappa shape index (κ3) is 5.14. The summed E-state index contributed by atoms with van der Waals surface area (Å²) in [5, 5.41) is 16.2. The van der Waals surface area contributed by atoms with Crippen LogP contribution in [-0.2, 0) is 4.79 Å². The van der Waals surface area contributed by atoms with Crippen LogP contribution in [0.1, 0.15) is 36.5 Å². The Morgan fingerprint density at radius 2 is 2.10 bits per heavy atom. The second kappa shape index (κ2) is 7.81.